The third-order valence-electron chi connectivity index (χ3n) is 7.58. The molecule has 1 saturated heterocycles. The molecule has 1 aliphatic heterocycles. The predicted molar refractivity (Wildman–Crippen MR) is 138 cm³/mol. The van der Waals surface area contributed by atoms with Crippen LogP contribution in [0.15, 0.2) is 24.7 Å². The third-order valence-corrected chi connectivity index (χ3v) is 9.55. The topological polar surface area (TPSA) is 75.4 Å². The Morgan fingerprint density at radius 1 is 1.20 bits per heavy atom. The molecule has 0 aromatic carbocycles. The van der Waals surface area contributed by atoms with Crippen LogP contribution in [0.4, 0.5) is 10.3 Å². The van der Waals surface area contributed by atoms with E-state index in [2.05, 4.69) is 19.6 Å². The lowest BCUT2D eigenvalue weighted by Crippen LogP contribution is -2.51. The molecule has 3 aromatic heterocycles. The van der Waals surface area contributed by atoms with Gasteiger partial charge in [-0.05, 0) is 64.9 Å². The Bertz CT molecular complexity index is 1280. The van der Waals surface area contributed by atoms with Crippen molar-refractivity contribution in [1.29, 1.82) is 0 Å². The van der Waals surface area contributed by atoms with E-state index in [-0.39, 0.29) is 21.2 Å². The lowest BCUT2D eigenvalue weighted by molar-refractivity contribution is 0.187. The molecule has 7 nitrogen and oxygen atoms in total. The highest BCUT2D eigenvalue weighted by Gasteiger charge is 2.46. The maximum Gasteiger partial charge on any atom is 0.232 e. The van der Waals surface area contributed by atoms with Crippen molar-refractivity contribution in [3.05, 3.63) is 41.3 Å². The fraction of sp³-hybridized carbons (Fsp3) is 0.560. The maximum atomic E-state index is 14.1. The molecule has 188 valence electrons. The normalized spacial score (nSPS) is 21.2. The molecule has 1 spiro atoms. The molecule has 0 amide bonds. The first kappa shape index (κ1) is 24.6. The van der Waals surface area contributed by atoms with Gasteiger partial charge in [0.05, 0.1) is 21.4 Å². The quantitative estimate of drug-likeness (QED) is 0.487. The van der Waals surface area contributed by atoms with Crippen LogP contribution < -0.4 is 9.62 Å². The SMILES string of the molecule is Cc1nc(N2CCC3(CCC[C@H]3N[S@](=O)C(C)(C)C)CC2)n2ccnc2c1-c1ccnc(F)c1Cl. The molecule has 2 atom stereocenters. The van der Waals surface area contributed by atoms with E-state index in [0.29, 0.717) is 16.8 Å². The first-order valence-corrected chi connectivity index (χ1v) is 13.7. The summed E-state index contributed by atoms with van der Waals surface area (Å²) in [5.74, 6) is 0.130. The number of hydrogen-bond acceptors (Lipinski definition) is 5. The lowest BCUT2D eigenvalue weighted by Gasteiger charge is -2.44. The Hall–Kier alpha value is -2.10. The number of aromatic nitrogens is 4. The van der Waals surface area contributed by atoms with E-state index in [1.165, 1.54) is 12.6 Å². The molecule has 3 aromatic rings. The number of imidazole rings is 1. The smallest absolute Gasteiger partial charge is 0.232 e. The monoisotopic (exact) mass is 518 g/mol. The van der Waals surface area contributed by atoms with Crippen molar-refractivity contribution in [3.8, 4) is 11.1 Å². The number of anilines is 1. The molecular formula is C25H32ClFN6OS. The Labute approximate surface area is 213 Å². The summed E-state index contributed by atoms with van der Waals surface area (Å²) in [6.07, 6.45) is 10.5. The minimum Gasteiger partial charge on any atom is -0.342 e. The summed E-state index contributed by atoms with van der Waals surface area (Å²) in [6.45, 7) is 9.69. The average molecular weight is 519 g/mol. The molecule has 2 fully saturated rings. The summed E-state index contributed by atoms with van der Waals surface area (Å²) in [4.78, 5) is 15.5. The standard InChI is InChI=1S/C25H32ClFN6OS/c1-16-19(17-7-11-28-21(27)20(17)26)22-29-12-15-33(22)23(30-16)32-13-9-25(10-14-32)8-5-6-18(25)31-35(34)24(2,3)4/h7,11-12,15,18,31H,5-6,8-10,13-14H2,1-4H3/t18-,35-/m1/s1. The Morgan fingerprint density at radius 3 is 2.66 bits per heavy atom. The minimum atomic E-state index is -1.07. The molecule has 1 aliphatic carbocycles. The van der Waals surface area contributed by atoms with Crippen LogP contribution in [-0.4, -0.2) is 47.4 Å². The summed E-state index contributed by atoms with van der Waals surface area (Å²) in [6, 6.07) is 1.97. The van der Waals surface area contributed by atoms with Crippen LogP contribution in [0.25, 0.3) is 16.8 Å². The molecule has 0 radical (unpaired) electrons. The number of nitrogens with one attached hydrogen (secondary N) is 1. The van der Waals surface area contributed by atoms with Gasteiger partial charge < -0.3 is 4.90 Å². The van der Waals surface area contributed by atoms with E-state index in [0.717, 1.165) is 50.4 Å². The van der Waals surface area contributed by atoms with E-state index in [4.69, 9.17) is 16.6 Å². The first-order chi connectivity index (χ1) is 16.6. The summed E-state index contributed by atoms with van der Waals surface area (Å²) in [5.41, 5.74) is 2.86. The van der Waals surface area contributed by atoms with Gasteiger partial charge in [0.1, 0.15) is 10.7 Å². The van der Waals surface area contributed by atoms with Crippen LogP contribution in [0.2, 0.25) is 5.02 Å². The van der Waals surface area contributed by atoms with Crippen LogP contribution in [0.5, 0.6) is 0 Å². The Morgan fingerprint density at radius 2 is 1.94 bits per heavy atom. The number of pyridine rings is 1. The van der Waals surface area contributed by atoms with Gasteiger partial charge in [0.15, 0.2) is 0 Å². The fourth-order valence-electron chi connectivity index (χ4n) is 5.60. The number of fused-ring (bicyclic) bond motifs is 1. The molecule has 0 unspecified atom stereocenters. The van der Waals surface area contributed by atoms with Crippen molar-refractivity contribution in [2.24, 2.45) is 5.41 Å². The van der Waals surface area contributed by atoms with Crippen molar-refractivity contribution in [3.63, 3.8) is 0 Å². The lowest BCUT2D eigenvalue weighted by atomic mass is 9.74. The molecule has 4 heterocycles. The largest absolute Gasteiger partial charge is 0.342 e. The van der Waals surface area contributed by atoms with Crippen molar-refractivity contribution in [1.82, 2.24) is 24.1 Å². The third kappa shape index (κ3) is 4.36. The molecule has 35 heavy (non-hydrogen) atoms. The van der Waals surface area contributed by atoms with Gasteiger partial charge in [-0.15, -0.1) is 0 Å². The molecule has 1 saturated carbocycles. The maximum absolute atomic E-state index is 14.1. The van der Waals surface area contributed by atoms with E-state index >= 15 is 0 Å². The van der Waals surface area contributed by atoms with E-state index in [9.17, 15) is 8.60 Å². The zero-order valence-corrected chi connectivity index (χ0v) is 22.2. The van der Waals surface area contributed by atoms with Crippen LogP contribution in [0.1, 0.15) is 58.6 Å². The molecule has 5 rings (SSSR count). The summed E-state index contributed by atoms with van der Waals surface area (Å²) < 4.78 is 32.1. The second-order valence-electron chi connectivity index (χ2n) is 10.7. The van der Waals surface area contributed by atoms with Crippen LogP contribution in [0, 0.1) is 18.3 Å². The number of aryl methyl sites for hydroxylation is 1. The van der Waals surface area contributed by atoms with E-state index < -0.39 is 16.9 Å². The van der Waals surface area contributed by atoms with Crippen LogP contribution in [0.3, 0.4) is 0 Å². The van der Waals surface area contributed by atoms with Gasteiger partial charge in [-0.25, -0.2) is 23.9 Å². The second kappa shape index (κ2) is 9.09. The van der Waals surface area contributed by atoms with Gasteiger partial charge in [0.25, 0.3) is 0 Å². The number of hydrogen-bond donors (Lipinski definition) is 1. The highest BCUT2D eigenvalue weighted by molar-refractivity contribution is 7.84. The molecule has 0 bridgehead atoms. The molecule has 1 N–H and O–H groups in total. The van der Waals surface area contributed by atoms with Gasteiger partial charge in [-0.3, -0.25) is 4.40 Å². The van der Waals surface area contributed by atoms with Crippen molar-refractivity contribution >= 4 is 34.2 Å². The van der Waals surface area contributed by atoms with Crippen molar-refractivity contribution in [2.75, 3.05) is 18.0 Å². The van der Waals surface area contributed by atoms with Gasteiger partial charge in [0, 0.05) is 48.8 Å². The molecular weight excluding hydrogens is 487 g/mol. The first-order valence-electron chi connectivity index (χ1n) is 12.2. The number of nitrogens with zero attached hydrogens (tertiary/aromatic N) is 5. The zero-order valence-electron chi connectivity index (χ0n) is 20.6. The number of rotatable bonds is 4. The van der Waals surface area contributed by atoms with Gasteiger partial charge in [0.2, 0.25) is 11.9 Å². The van der Waals surface area contributed by atoms with Gasteiger partial charge >= 0.3 is 0 Å². The molecule has 2 aliphatic rings. The highest BCUT2D eigenvalue weighted by Crippen LogP contribution is 2.47. The fourth-order valence-corrected chi connectivity index (χ4v) is 6.79. The predicted octanol–water partition coefficient (Wildman–Crippen LogP) is 5.08. The second-order valence-corrected chi connectivity index (χ2v) is 13.1. The minimum absolute atomic E-state index is 0.0256. The Kier molecular flexibility index (Phi) is 6.38. The number of piperidine rings is 1. The van der Waals surface area contributed by atoms with Crippen LogP contribution in [-0.2, 0) is 11.0 Å². The summed E-state index contributed by atoms with van der Waals surface area (Å²) in [7, 11) is -1.07. The zero-order chi connectivity index (χ0) is 25.0. The van der Waals surface area contributed by atoms with Crippen LogP contribution >= 0.6 is 11.6 Å². The highest BCUT2D eigenvalue weighted by atomic mass is 35.5. The molecule has 10 heteroatoms. The van der Waals surface area contributed by atoms with Gasteiger partial charge in [-0.1, -0.05) is 18.0 Å². The number of halogens is 2. The Balaban J connectivity index is 1.42. The van der Waals surface area contributed by atoms with E-state index in [1.54, 1.807) is 12.3 Å². The summed E-state index contributed by atoms with van der Waals surface area (Å²) >= 11 is 6.26. The van der Waals surface area contributed by atoms with Crippen molar-refractivity contribution < 1.29 is 8.60 Å². The van der Waals surface area contributed by atoms with E-state index in [1.807, 2.05) is 38.3 Å². The average Bonchev–Trinajstić information content (AvgIpc) is 3.44. The van der Waals surface area contributed by atoms with Gasteiger partial charge in [-0.2, -0.15) is 4.39 Å². The van der Waals surface area contributed by atoms with Crippen molar-refractivity contribution in [2.45, 2.75) is 70.6 Å². The summed E-state index contributed by atoms with van der Waals surface area (Å²) in [5, 5.41) is -0.0256.